The van der Waals surface area contributed by atoms with Crippen LogP contribution in [0.4, 0.5) is 5.82 Å². The lowest BCUT2D eigenvalue weighted by molar-refractivity contribution is -0.116. The number of methoxy groups -OCH3 is 1. The quantitative estimate of drug-likeness (QED) is 0.263. The van der Waals surface area contributed by atoms with E-state index in [-0.39, 0.29) is 18.0 Å². The number of amides is 1. The number of rotatable bonds is 11. The van der Waals surface area contributed by atoms with Gasteiger partial charge in [0.25, 0.3) is 0 Å². The van der Waals surface area contributed by atoms with Crippen molar-refractivity contribution < 1.29 is 17.9 Å². The molecule has 4 aromatic rings. The maximum atomic E-state index is 13.6. The van der Waals surface area contributed by atoms with Crippen LogP contribution in [0.2, 0.25) is 0 Å². The maximum Gasteiger partial charge on any atom is 0.243 e. The second-order valence-electron chi connectivity index (χ2n) is 9.42. The first-order valence-electron chi connectivity index (χ1n) is 12.8. The van der Waals surface area contributed by atoms with Gasteiger partial charge in [0.05, 0.1) is 22.8 Å². The molecule has 0 fully saturated rings. The fraction of sp³-hybridized carbons (Fsp3) is 0.267. The highest BCUT2D eigenvalue weighted by atomic mass is 32.2. The van der Waals surface area contributed by atoms with Crippen LogP contribution in [0.1, 0.15) is 23.2 Å². The predicted octanol–water partition coefficient (Wildman–Crippen LogP) is 5.13. The third-order valence-corrected chi connectivity index (χ3v) is 8.32. The molecule has 0 unspecified atom stereocenters. The highest BCUT2D eigenvalue weighted by molar-refractivity contribution is 7.89. The fourth-order valence-corrected chi connectivity index (χ4v) is 5.86. The molecular weight excluding hydrogens is 512 g/mol. The number of carbonyl (C=O) groups is 1. The third kappa shape index (κ3) is 6.44. The SMILES string of the molecule is COCCCN(CC(=O)Nc1c(-c2ccccc2)c(C)nn1-c1ccccc1C)S(=O)(=O)c1ccc(C)cc1. The average Bonchev–Trinajstić information content (AvgIpc) is 3.24. The summed E-state index contributed by atoms with van der Waals surface area (Å²) in [5, 5.41) is 7.77. The molecule has 0 saturated carbocycles. The summed E-state index contributed by atoms with van der Waals surface area (Å²) in [5.41, 5.74) is 5.17. The van der Waals surface area contributed by atoms with Crippen LogP contribution >= 0.6 is 0 Å². The van der Waals surface area contributed by atoms with E-state index in [1.165, 1.54) is 4.31 Å². The minimum absolute atomic E-state index is 0.138. The number of nitrogens with one attached hydrogen (secondary N) is 1. The molecular formula is C30H34N4O4S. The molecule has 0 bridgehead atoms. The summed E-state index contributed by atoms with van der Waals surface area (Å²) in [4.78, 5) is 13.7. The molecule has 1 N–H and O–H groups in total. The van der Waals surface area contributed by atoms with Gasteiger partial charge in [-0.2, -0.15) is 9.40 Å². The van der Waals surface area contributed by atoms with Crippen LogP contribution in [0.3, 0.4) is 0 Å². The molecule has 4 rings (SSSR count). The van der Waals surface area contributed by atoms with E-state index in [1.807, 2.05) is 75.4 Å². The molecule has 0 saturated heterocycles. The fourth-order valence-electron chi connectivity index (χ4n) is 4.43. The van der Waals surface area contributed by atoms with Gasteiger partial charge in [-0.1, -0.05) is 66.2 Å². The molecule has 0 atom stereocenters. The number of anilines is 1. The van der Waals surface area contributed by atoms with Gasteiger partial charge in [0.1, 0.15) is 5.82 Å². The van der Waals surface area contributed by atoms with Crippen molar-refractivity contribution in [1.82, 2.24) is 14.1 Å². The normalized spacial score (nSPS) is 11.6. The maximum absolute atomic E-state index is 13.6. The molecule has 0 aliphatic heterocycles. The molecule has 0 spiro atoms. The zero-order valence-corrected chi connectivity index (χ0v) is 23.5. The van der Waals surface area contributed by atoms with Crippen molar-refractivity contribution in [2.45, 2.75) is 32.1 Å². The lowest BCUT2D eigenvalue weighted by atomic mass is 10.1. The minimum atomic E-state index is -3.92. The smallest absolute Gasteiger partial charge is 0.243 e. The summed E-state index contributed by atoms with van der Waals surface area (Å²) in [6.45, 7) is 5.92. The number of ether oxygens (including phenoxy) is 1. The van der Waals surface area contributed by atoms with Crippen molar-refractivity contribution in [2.24, 2.45) is 0 Å². The van der Waals surface area contributed by atoms with Crippen molar-refractivity contribution in [3.05, 3.63) is 95.7 Å². The molecule has 3 aromatic carbocycles. The van der Waals surface area contributed by atoms with Crippen LogP contribution in [0.15, 0.2) is 83.8 Å². The van der Waals surface area contributed by atoms with Crippen molar-refractivity contribution in [1.29, 1.82) is 0 Å². The Morgan fingerprint density at radius 1 is 0.949 bits per heavy atom. The summed E-state index contributed by atoms with van der Waals surface area (Å²) >= 11 is 0. The molecule has 1 amide bonds. The Labute approximate surface area is 230 Å². The van der Waals surface area contributed by atoms with E-state index in [0.717, 1.165) is 33.6 Å². The zero-order chi connectivity index (χ0) is 28.0. The van der Waals surface area contributed by atoms with E-state index in [9.17, 15) is 13.2 Å². The van der Waals surface area contributed by atoms with Gasteiger partial charge >= 0.3 is 0 Å². The van der Waals surface area contributed by atoms with Gasteiger partial charge in [-0.15, -0.1) is 0 Å². The van der Waals surface area contributed by atoms with Crippen molar-refractivity contribution in [3.8, 4) is 16.8 Å². The molecule has 39 heavy (non-hydrogen) atoms. The number of carbonyl (C=O) groups excluding carboxylic acids is 1. The van der Waals surface area contributed by atoms with Gasteiger partial charge in [0, 0.05) is 25.8 Å². The lowest BCUT2D eigenvalue weighted by Gasteiger charge is -2.22. The van der Waals surface area contributed by atoms with Crippen LogP contribution < -0.4 is 5.32 Å². The number of benzene rings is 3. The topological polar surface area (TPSA) is 93.5 Å². The number of sulfonamides is 1. The Hall–Kier alpha value is -3.79. The molecule has 0 aliphatic carbocycles. The van der Waals surface area contributed by atoms with Crippen LogP contribution in [0.25, 0.3) is 16.8 Å². The van der Waals surface area contributed by atoms with Gasteiger partial charge in [0.2, 0.25) is 15.9 Å². The predicted molar refractivity (Wildman–Crippen MR) is 154 cm³/mol. The first-order chi connectivity index (χ1) is 18.7. The van der Waals surface area contributed by atoms with Crippen LogP contribution in [-0.4, -0.2) is 55.2 Å². The zero-order valence-electron chi connectivity index (χ0n) is 22.7. The Kier molecular flexibility index (Phi) is 8.96. The molecule has 9 heteroatoms. The number of aryl methyl sites for hydroxylation is 3. The van der Waals surface area contributed by atoms with E-state index in [2.05, 4.69) is 5.32 Å². The van der Waals surface area contributed by atoms with E-state index >= 15 is 0 Å². The average molecular weight is 547 g/mol. The van der Waals surface area contributed by atoms with Crippen LogP contribution in [-0.2, 0) is 19.6 Å². The summed E-state index contributed by atoms with van der Waals surface area (Å²) in [6.07, 6.45) is 0.449. The van der Waals surface area contributed by atoms with E-state index in [1.54, 1.807) is 36.1 Å². The Bertz CT molecular complexity index is 1530. The van der Waals surface area contributed by atoms with Crippen LogP contribution in [0, 0.1) is 20.8 Å². The Balaban J connectivity index is 1.71. The van der Waals surface area contributed by atoms with Gasteiger partial charge < -0.3 is 10.1 Å². The minimum Gasteiger partial charge on any atom is -0.385 e. The molecule has 8 nitrogen and oxygen atoms in total. The number of nitrogens with zero attached hydrogens (tertiary/aromatic N) is 3. The summed E-state index contributed by atoms with van der Waals surface area (Å²) < 4.78 is 35.1. The van der Waals surface area contributed by atoms with Crippen molar-refractivity contribution in [3.63, 3.8) is 0 Å². The monoisotopic (exact) mass is 546 g/mol. The molecule has 1 aromatic heterocycles. The van der Waals surface area contributed by atoms with Gasteiger partial charge in [-0.3, -0.25) is 4.79 Å². The van der Waals surface area contributed by atoms with Gasteiger partial charge in [0.15, 0.2) is 0 Å². The Morgan fingerprint density at radius 3 is 2.28 bits per heavy atom. The highest BCUT2D eigenvalue weighted by Crippen LogP contribution is 2.34. The summed E-state index contributed by atoms with van der Waals surface area (Å²) in [6, 6.07) is 24.1. The third-order valence-electron chi connectivity index (χ3n) is 6.46. The van der Waals surface area contributed by atoms with E-state index < -0.39 is 15.9 Å². The van der Waals surface area contributed by atoms with E-state index in [0.29, 0.717) is 18.8 Å². The lowest BCUT2D eigenvalue weighted by Crippen LogP contribution is -2.39. The van der Waals surface area contributed by atoms with E-state index in [4.69, 9.17) is 9.84 Å². The van der Waals surface area contributed by atoms with Gasteiger partial charge in [-0.25, -0.2) is 13.1 Å². The first-order valence-corrected chi connectivity index (χ1v) is 14.2. The standard InChI is InChI=1S/C30H34N4O4S/c1-22-15-17-26(18-16-22)39(36,37)33(19-10-20-38-4)21-28(35)31-30-29(25-12-6-5-7-13-25)24(3)32-34(30)27-14-9-8-11-23(27)2/h5-9,11-18H,10,19-21H2,1-4H3,(H,31,35). The molecule has 204 valence electrons. The van der Waals surface area contributed by atoms with Crippen LogP contribution in [0.5, 0.6) is 0 Å². The first kappa shape index (κ1) is 28.2. The number of hydrogen-bond acceptors (Lipinski definition) is 5. The largest absolute Gasteiger partial charge is 0.385 e. The van der Waals surface area contributed by atoms with Gasteiger partial charge in [-0.05, 0) is 56.5 Å². The summed E-state index contributed by atoms with van der Waals surface area (Å²) in [7, 11) is -2.36. The molecule has 0 aliphatic rings. The summed E-state index contributed by atoms with van der Waals surface area (Å²) in [5.74, 6) is 0.0256. The second kappa shape index (κ2) is 12.4. The van der Waals surface area contributed by atoms with Crippen molar-refractivity contribution >= 4 is 21.7 Å². The Morgan fingerprint density at radius 2 is 1.62 bits per heavy atom. The number of hydrogen-bond donors (Lipinski definition) is 1. The highest BCUT2D eigenvalue weighted by Gasteiger charge is 2.28. The number of para-hydroxylation sites is 1. The molecule has 1 heterocycles. The molecule has 0 radical (unpaired) electrons. The second-order valence-corrected chi connectivity index (χ2v) is 11.4. The number of aromatic nitrogens is 2. The van der Waals surface area contributed by atoms with Crippen molar-refractivity contribution in [2.75, 3.05) is 32.1 Å².